The van der Waals surface area contributed by atoms with Crippen molar-refractivity contribution in [2.24, 2.45) is 5.73 Å². The van der Waals surface area contributed by atoms with Crippen molar-refractivity contribution < 1.29 is 19.1 Å². The summed E-state index contributed by atoms with van der Waals surface area (Å²) in [5.74, 6) is 0.582. The molecule has 2 rings (SSSR count). The second-order valence-corrected chi connectivity index (χ2v) is 5.60. The molecule has 0 fully saturated rings. The Morgan fingerprint density at radius 1 is 1.00 bits per heavy atom. The van der Waals surface area contributed by atoms with Gasteiger partial charge in [-0.05, 0) is 49.2 Å². The Labute approximate surface area is 146 Å². The molecular formula is C19H22N2O4. The zero-order valence-electron chi connectivity index (χ0n) is 14.4. The second-order valence-electron chi connectivity index (χ2n) is 5.60. The molecule has 0 bridgehead atoms. The Hall–Kier alpha value is -3.02. The number of aryl methyl sites for hydroxylation is 2. The number of hydrogen-bond donors (Lipinski definition) is 2. The minimum absolute atomic E-state index is 0.193. The summed E-state index contributed by atoms with van der Waals surface area (Å²) in [6, 6.07) is 12.4. The van der Waals surface area contributed by atoms with Gasteiger partial charge in [0.1, 0.15) is 18.1 Å². The first kappa shape index (κ1) is 18.3. The monoisotopic (exact) mass is 342 g/mol. The van der Waals surface area contributed by atoms with Crippen molar-refractivity contribution in [3.63, 3.8) is 0 Å². The van der Waals surface area contributed by atoms with Crippen LogP contribution >= 0.6 is 0 Å². The third-order valence-electron chi connectivity index (χ3n) is 3.54. The highest BCUT2D eigenvalue weighted by Gasteiger charge is 2.07. The van der Waals surface area contributed by atoms with E-state index < -0.39 is 5.91 Å². The lowest BCUT2D eigenvalue weighted by molar-refractivity contribution is -0.119. The lowest BCUT2D eigenvalue weighted by Crippen LogP contribution is -2.28. The largest absolute Gasteiger partial charge is 0.491 e. The van der Waals surface area contributed by atoms with Gasteiger partial charge in [0, 0.05) is 5.56 Å². The van der Waals surface area contributed by atoms with Crippen LogP contribution in [0.4, 0.5) is 0 Å². The number of benzene rings is 2. The Balaban J connectivity index is 1.79. The average molecular weight is 342 g/mol. The molecule has 0 saturated heterocycles. The number of carbonyl (C=O) groups is 2. The molecule has 0 heterocycles. The Bertz CT molecular complexity index is 721. The molecular weight excluding hydrogens is 320 g/mol. The van der Waals surface area contributed by atoms with Crippen LogP contribution in [-0.2, 0) is 4.79 Å². The van der Waals surface area contributed by atoms with E-state index in [0.717, 1.165) is 16.9 Å². The van der Waals surface area contributed by atoms with Crippen LogP contribution in [0.5, 0.6) is 11.5 Å². The van der Waals surface area contributed by atoms with E-state index in [1.165, 1.54) is 0 Å². The maximum atomic E-state index is 12.1. The van der Waals surface area contributed by atoms with Gasteiger partial charge >= 0.3 is 0 Å². The van der Waals surface area contributed by atoms with Gasteiger partial charge in [-0.3, -0.25) is 9.59 Å². The maximum Gasteiger partial charge on any atom is 0.255 e. The predicted octanol–water partition coefficient (Wildman–Crippen LogP) is 1.98. The van der Waals surface area contributed by atoms with Crippen molar-refractivity contribution in [3.05, 3.63) is 59.2 Å². The van der Waals surface area contributed by atoms with Crippen LogP contribution in [0.15, 0.2) is 42.5 Å². The minimum atomic E-state index is -0.550. The molecule has 0 spiro atoms. The Morgan fingerprint density at radius 3 is 2.24 bits per heavy atom. The number of rotatable bonds is 8. The van der Waals surface area contributed by atoms with E-state index in [4.69, 9.17) is 15.2 Å². The number of nitrogens with one attached hydrogen (secondary N) is 1. The molecule has 2 aromatic rings. The molecule has 0 atom stereocenters. The first-order chi connectivity index (χ1) is 12.0. The van der Waals surface area contributed by atoms with E-state index in [1.54, 1.807) is 24.3 Å². The molecule has 0 unspecified atom stereocenters. The number of carbonyl (C=O) groups excluding carboxylic acids is 2. The second kappa shape index (κ2) is 8.73. The third kappa shape index (κ3) is 5.53. The van der Waals surface area contributed by atoms with Crippen LogP contribution in [0.1, 0.15) is 21.5 Å². The normalized spacial score (nSPS) is 10.2. The summed E-state index contributed by atoms with van der Waals surface area (Å²) in [4.78, 5) is 22.7. The zero-order chi connectivity index (χ0) is 18.2. The van der Waals surface area contributed by atoms with Crippen molar-refractivity contribution in [2.75, 3.05) is 19.8 Å². The van der Waals surface area contributed by atoms with Gasteiger partial charge < -0.3 is 20.5 Å². The molecule has 6 heteroatoms. The van der Waals surface area contributed by atoms with Crippen molar-refractivity contribution in [1.82, 2.24) is 5.32 Å². The van der Waals surface area contributed by atoms with Crippen LogP contribution in [0.25, 0.3) is 0 Å². The summed E-state index contributed by atoms with van der Waals surface area (Å²) in [5.41, 5.74) is 7.64. The highest BCUT2D eigenvalue weighted by atomic mass is 16.5. The van der Waals surface area contributed by atoms with Crippen molar-refractivity contribution in [2.45, 2.75) is 13.8 Å². The van der Waals surface area contributed by atoms with Gasteiger partial charge in [-0.25, -0.2) is 0 Å². The van der Waals surface area contributed by atoms with Crippen LogP contribution < -0.4 is 20.5 Å². The molecule has 25 heavy (non-hydrogen) atoms. The van der Waals surface area contributed by atoms with E-state index in [9.17, 15) is 9.59 Å². The molecule has 2 amide bonds. The van der Waals surface area contributed by atoms with Gasteiger partial charge in [-0.1, -0.05) is 18.2 Å². The summed E-state index contributed by atoms with van der Waals surface area (Å²) in [6.45, 7) is 4.57. The van der Waals surface area contributed by atoms with E-state index in [0.29, 0.717) is 24.5 Å². The molecule has 0 aliphatic carbocycles. The fraction of sp³-hybridized carbons (Fsp3) is 0.263. The molecule has 0 aromatic heterocycles. The molecule has 6 nitrogen and oxygen atoms in total. The molecule has 2 aromatic carbocycles. The highest BCUT2D eigenvalue weighted by Crippen LogP contribution is 2.21. The number of amides is 2. The first-order valence-corrected chi connectivity index (χ1v) is 7.96. The zero-order valence-corrected chi connectivity index (χ0v) is 14.4. The van der Waals surface area contributed by atoms with Crippen molar-refractivity contribution in [1.29, 1.82) is 0 Å². The van der Waals surface area contributed by atoms with Crippen LogP contribution in [0, 0.1) is 13.8 Å². The van der Waals surface area contributed by atoms with Crippen LogP contribution in [0.2, 0.25) is 0 Å². The number of nitrogens with two attached hydrogens (primary N) is 1. The third-order valence-corrected chi connectivity index (χ3v) is 3.54. The van der Waals surface area contributed by atoms with Gasteiger partial charge in [-0.15, -0.1) is 0 Å². The summed E-state index contributed by atoms with van der Waals surface area (Å²) in [6.07, 6.45) is 0. The standard InChI is InChI=1S/C19H22N2O4/c1-13-4-3-5-14(2)18(13)24-11-10-21-19(23)15-6-8-16(9-7-15)25-12-17(20)22/h3-9H,10-12H2,1-2H3,(H2,20,22)(H,21,23). The summed E-state index contributed by atoms with van der Waals surface area (Å²) < 4.78 is 10.9. The highest BCUT2D eigenvalue weighted by molar-refractivity contribution is 5.94. The molecule has 0 radical (unpaired) electrons. The lowest BCUT2D eigenvalue weighted by atomic mass is 10.1. The van der Waals surface area contributed by atoms with Crippen molar-refractivity contribution >= 4 is 11.8 Å². The maximum absolute atomic E-state index is 12.1. The topological polar surface area (TPSA) is 90.7 Å². The summed E-state index contributed by atoms with van der Waals surface area (Å²) >= 11 is 0. The van der Waals surface area contributed by atoms with Crippen molar-refractivity contribution in [3.8, 4) is 11.5 Å². The van der Waals surface area contributed by atoms with Gasteiger partial charge in [0.15, 0.2) is 6.61 Å². The van der Waals surface area contributed by atoms with E-state index >= 15 is 0 Å². The molecule has 132 valence electrons. The van der Waals surface area contributed by atoms with E-state index in [1.807, 2.05) is 32.0 Å². The van der Waals surface area contributed by atoms with E-state index in [-0.39, 0.29) is 12.5 Å². The van der Waals surface area contributed by atoms with Gasteiger partial charge in [0.25, 0.3) is 11.8 Å². The first-order valence-electron chi connectivity index (χ1n) is 7.96. The summed E-state index contributed by atoms with van der Waals surface area (Å²) in [7, 11) is 0. The quantitative estimate of drug-likeness (QED) is 0.718. The fourth-order valence-electron chi connectivity index (χ4n) is 2.30. The predicted molar refractivity (Wildman–Crippen MR) is 94.9 cm³/mol. The smallest absolute Gasteiger partial charge is 0.255 e. The van der Waals surface area contributed by atoms with Crippen LogP contribution in [-0.4, -0.2) is 31.6 Å². The number of primary amides is 1. The summed E-state index contributed by atoms with van der Waals surface area (Å²) in [5, 5.41) is 2.80. The molecule has 0 saturated carbocycles. The van der Waals surface area contributed by atoms with Crippen LogP contribution in [0.3, 0.4) is 0 Å². The minimum Gasteiger partial charge on any atom is -0.491 e. The van der Waals surface area contributed by atoms with Gasteiger partial charge in [0.05, 0.1) is 6.54 Å². The lowest BCUT2D eigenvalue weighted by Gasteiger charge is -2.12. The molecule has 3 N–H and O–H groups in total. The molecule has 0 aliphatic rings. The Kier molecular flexibility index (Phi) is 6.39. The number of hydrogen-bond acceptors (Lipinski definition) is 4. The average Bonchev–Trinajstić information content (AvgIpc) is 2.59. The molecule has 0 aliphatic heterocycles. The number of para-hydroxylation sites is 1. The van der Waals surface area contributed by atoms with E-state index in [2.05, 4.69) is 5.32 Å². The fourth-order valence-corrected chi connectivity index (χ4v) is 2.30. The van der Waals surface area contributed by atoms with Gasteiger partial charge in [-0.2, -0.15) is 0 Å². The Morgan fingerprint density at radius 2 is 1.64 bits per heavy atom. The SMILES string of the molecule is Cc1cccc(C)c1OCCNC(=O)c1ccc(OCC(N)=O)cc1. The number of ether oxygens (including phenoxy) is 2. The van der Waals surface area contributed by atoms with Gasteiger partial charge in [0.2, 0.25) is 0 Å².